The van der Waals surface area contributed by atoms with Crippen molar-refractivity contribution in [3.63, 3.8) is 0 Å². The number of aryl methyl sites for hydroxylation is 1. The normalized spacial score (nSPS) is 20.5. The smallest absolute Gasteiger partial charge is 0.303 e. The van der Waals surface area contributed by atoms with Gasteiger partial charge in [0.05, 0.1) is 6.42 Å². The number of carbonyl (C=O) groups excluding carboxylic acids is 1. The summed E-state index contributed by atoms with van der Waals surface area (Å²) in [6.45, 7) is 3.76. The standard InChI is InChI=1S/C22H24N2O4/c1-14-4-2-3-5-17(14)18-6-7-19-16-10-15(12-24(19)22(18)28)11-23(13-16)20(25)8-9-21(26)27/h2-7,15-16H,8-13H2,1H3,(H,26,27)/t15-,16+/m0/s1. The minimum absolute atomic E-state index is 0.0344. The largest absolute Gasteiger partial charge is 0.481 e. The fourth-order valence-electron chi connectivity index (χ4n) is 4.60. The van der Waals surface area contributed by atoms with Gasteiger partial charge in [0.1, 0.15) is 0 Å². The first-order valence-electron chi connectivity index (χ1n) is 9.73. The lowest BCUT2D eigenvalue weighted by molar-refractivity contribution is -0.141. The number of amides is 1. The number of carboxylic acid groups (broad SMARTS) is 1. The van der Waals surface area contributed by atoms with Crippen LogP contribution in [0.1, 0.15) is 36.4 Å². The summed E-state index contributed by atoms with van der Waals surface area (Å²) in [5, 5.41) is 8.81. The zero-order valence-electron chi connectivity index (χ0n) is 15.9. The van der Waals surface area contributed by atoms with E-state index in [1.54, 1.807) is 4.90 Å². The maximum atomic E-state index is 13.2. The summed E-state index contributed by atoms with van der Waals surface area (Å²) in [6, 6.07) is 11.8. The highest BCUT2D eigenvalue weighted by Gasteiger charge is 2.36. The molecule has 2 aliphatic heterocycles. The molecule has 6 nitrogen and oxygen atoms in total. The highest BCUT2D eigenvalue weighted by molar-refractivity contribution is 5.81. The Bertz CT molecular complexity index is 994. The first-order chi connectivity index (χ1) is 13.4. The summed E-state index contributed by atoms with van der Waals surface area (Å²) in [5.41, 5.74) is 3.77. The Kier molecular flexibility index (Phi) is 4.79. The van der Waals surface area contributed by atoms with Crippen LogP contribution < -0.4 is 5.56 Å². The number of benzene rings is 1. The lowest BCUT2D eigenvalue weighted by Gasteiger charge is -2.43. The third kappa shape index (κ3) is 3.35. The Morgan fingerprint density at radius 2 is 1.82 bits per heavy atom. The molecule has 2 atom stereocenters. The maximum absolute atomic E-state index is 13.2. The van der Waals surface area contributed by atoms with Gasteiger partial charge in [0, 0.05) is 43.2 Å². The number of carbonyl (C=O) groups is 2. The number of likely N-dealkylation sites (tertiary alicyclic amines) is 1. The van der Waals surface area contributed by atoms with Crippen molar-refractivity contribution in [1.82, 2.24) is 9.47 Å². The summed E-state index contributed by atoms with van der Waals surface area (Å²) >= 11 is 0. The van der Waals surface area contributed by atoms with E-state index in [1.165, 1.54) is 0 Å². The van der Waals surface area contributed by atoms with Gasteiger partial charge < -0.3 is 14.6 Å². The van der Waals surface area contributed by atoms with E-state index in [1.807, 2.05) is 47.9 Å². The second-order valence-corrected chi connectivity index (χ2v) is 7.89. The number of pyridine rings is 1. The maximum Gasteiger partial charge on any atom is 0.303 e. The minimum Gasteiger partial charge on any atom is -0.481 e. The zero-order chi connectivity index (χ0) is 19.8. The molecule has 0 saturated carbocycles. The third-order valence-corrected chi connectivity index (χ3v) is 5.94. The van der Waals surface area contributed by atoms with Gasteiger partial charge in [-0.2, -0.15) is 0 Å². The summed E-state index contributed by atoms with van der Waals surface area (Å²) in [5.74, 6) is -0.708. The molecule has 1 aromatic heterocycles. The number of hydrogen-bond acceptors (Lipinski definition) is 3. The minimum atomic E-state index is -0.953. The first kappa shape index (κ1) is 18.5. The average Bonchev–Trinajstić information content (AvgIpc) is 2.67. The summed E-state index contributed by atoms with van der Waals surface area (Å²) < 4.78 is 1.89. The Labute approximate surface area is 163 Å². The van der Waals surface area contributed by atoms with E-state index in [9.17, 15) is 14.4 Å². The number of rotatable bonds is 4. The molecule has 6 heteroatoms. The van der Waals surface area contributed by atoms with Gasteiger partial charge in [-0.15, -0.1) is 0 Å². The fraction of sp³-hybridized carbons (Fsp3) is 0.409. The topological polar surface area (TPSA) is 79.6 Å². The van der Waals surface area contributed by atoms with Crippen molar-refractivity contribution in [1.29, 1.82) is 0 Å². The number of hydrogen-bond donors (Lipinski definition) is 1. The highest BCUT2D eigenvalue weighted by Crippen LogP contribution is 2.36. The van der Waals surface area contributed by atoms with Gasteiger partial charge in [0.25, 0.3) is 5.56 Å². The van der Waals surface area contributed by atoms with Gasteiger partial charge in [-0.05, 0) is 42.5 Å². The predicted molar refractivity (Wildman–Crippen MR) is 105 cm³/mol. The molecule has 1 saturated heterocycles. The summed E-state index contributed by atoms with van der Waals surface area (Å²) in [7, 11) is 0. The molecular formula is C22H24N2O4. The molecule has 0 radical (unpaired) electrons. The SMILES string of the molecule is Cc1ccccc1-c1ccc2n(c1=O)C[C@H]1C[C@@H]2CN(C(=O)CCC(=O)O)C1. The van der Waals surface area contributed by atoms with Crippen molar-refractivity contribution < 1.29 is 14.7 Å². The summed E-state index contributed by atoms with van der Waals surface area (Å²) in [4.78, 5) is 38.1. The van der Waals surface area contributed by atoms with Gasteiger partial charge >= 0.3 is 5.97 Å². The highest BCUT2D eigenvalue weighted by atomic mass is 16.4. The van der Waals surface area contributed by atoms with Gasteiger partial charge in [0.2, 0.25) is 5.91 Å². The van der Waals surface area contributed by atoms with Crippen LogP contribution in [0.4, 0.5) is 0 Å². The van der Waals surface area contributed by atoms with Gasteiger partial charge in [-0.1, -0.05) is 24.3 Å². The zero-order valence-corrected chi connectivity index (χ0v) is 15.9. The molecule has 1 fully saturated rings. The molecule has 3 heterocycles. The van der Waals surface area contributed by atoms with E-state index >= 15 is 0 Å². The van der Waals surface area contributed by atoms with E-state index < -0.39 is 5.97 Å². The van der Waals surface area contributed by atoms with Crippen molar-refractivity contribution in [2.24, 2.45) is 5.92 Å². The first-order valence-corrected chi connectivity index (χ1v) is 9.73. The van der Waals surface area contributed by atoms with Crippen molar-refractivity contribution in [3.8, 4) is 11.1 Å². The van der Waals surface area contributed by atoms with Gasteiger partial charge in [-0.25, -0.2) is 0 Å². The molecule has 28 heavy (non-hydrogen) atoms. The van der Waals surface area contributed by atoms with E-state index in [2.05, 4.69) is 0 Å². The van der Waals surface area contributed by atoms with E-state index in [4.69, 9.17) is 5.11 Å². The molecule has 2 aliphatic rings. The molecule has 2 aromatic rings. The average molecular weight is 380 g/mol. The number of carboxylic acids is 1. The van der Waals surface area contributed by atoms with Crippen LogP contribution in [0.5, 0.6) is 0 Å². The molecule has 0 unspecified atom stereocenters. The molecule has 2 bridgehead atoms. The number of aliphatic carboxylic acids is 1. The van der Waals surface area contributed by atoms with Crippen LogP contribution in [-0.2, 0) is 16.1 Å². The molecule has 0 aliphatic carbocycles. The van der Waals surface area contributed by atoms with Crippen molar-refractivity contribution in [3.05, 3.63) is 58.0 Å². The number of aromatic nitrogens is 1. The van der Waals surface area contributed by atoms with Crippen LogP contribution in [-0.4, -0.2) is 39.5 Å². The molecule has 1 amide bonds. The lowest BCUT2D eigenvalue weighted by atomic mass is 9.82. The predicted octanol–water partition coefficient (Wildman–Crippen LogP) is 2.63. The third-order valence-electron chi connectivity index (χ3n) is 5.94. The van der Waals surface area contributed by atoms with Crippen LogP contribution in [0.15, 0.2) is 41.2 Å². The van der Waals surface area contributed by atoms with Crippen molar-refractivity contribution in [2.75, 3.05) is 13.1 Å². The molecule has 4 rings (SSSR count). The lowest BCUT2D eigenvalue weighted by Crippen LogP contribution is -2.49. The fourth-order valence-corrected chi connectivity index (χ4v) is 4.60. The Hall–Kier alpha value is -2.89. The van der Waals surface area contributed by atoms with Crippen LogP contribution >= 0.6 is 0 Å². The molecular weight excluding hydrogens is 356 g/mol. The van der Waals surface area contributed by atoms with E-state index in [0.29, 0.717) is 19.6 Å². The monoisotopic (exact) mass is 380 g/mol. The molecule has 1 N–H and O–H groups in total. The summed E-state index contributed by atoms with van der Waals surface area (Å²) in [6.07, 6.45) is 0.861. The Morgan fingerprint density at radius 3 is 2.57 bits per heavy atom. The Balaban J connectivity index is 1.62. The number of nitrogens with zero attached hydrogens (tertiary/aromatic N) is 2. The Morgan fingerprint density at radius 1 is 1.04 bits per heavy atom. The molecule has 1 aromatic carbocycles. The van der Waals surface area contributed by atoms with Crippen LogP contribution in [0.25, 0.3) is 11.1 Å². The van der Waals surface area contributed by atoms with Crippen LogP contribution in [0, 0.1) is 12.8 Å². The second-order valence-electron chi connectivity index (χ2n) is 7.89. The quantitative estimate of drug-likeness (QED) is 0.884. The van der Waals surface area contributed by atoms with Gasteiger partial charge in [-0.3, -0.25) is 14.4 Å². The number of fused-ring (bicyclic) bond motifs is 4. The van der Waals surface area contributed by atoms with E-state index in [0.717, 1.165) is 28.8 Å². The van der Waals surface area contributed by atoms with E-state index in [-0.39, 0.29) is 36.1 Å². The number of piperidine rings is 1. The van der Waals surface area contributed by atoms with Crippen LogP contribution in [0.3, 0.4) is 0 Å². The molecule has 0 spiro atoms. The van der Waals surface area contributed by atoms with Gasteiger partial charge in [0.15, 0.2) is 0 Å². The second kappa shape index (κ2) is 7.26. The van der Waals surface area contributed by atoms with Crippen molar-refractivity contribution in [2.45, 2.75) is 38.6 Å². The molecule has 146 valence electrons. The van der Waals surface area contributed by atoms with Crippen LogP contribution in [0.2, 0.25) is 0 Å². The van der Waals surface area contributed by atoms with Crippen molar-refractivity contribution >= 4 is 11.9 Å².